The minimum atomic E-state index is 0.421. The first-order valence-corrected chi connectivity index (χ1v) is 7.10. The molecular weight excluding hydrogens is 246 g/mol. The molecule has 2 heteroatoms. The Bertz CT molecular complexity index is 575. The molecule has 2 nitrogen and oxygen atoms in total. The van der Waals surface area contributed by atoms with Gasteiger partial charge in [-0.25, -0.2) is 0 Å². The monoisotopic (exact) mass is 269 g/mol. The van der Waals surface area contributed by atoms with Crippen LogP contribution in [0.15, 0.2) is 42.5 Å². The van der Waals surface area contributed by atoms with Gasteiger partial charge in [0.25, 0.3) is 0 Å². The molecule has 0 aromatic heterocycles. The maximum Gasteiger partial charge on any atom is 0.121 e. The molecular formula is C18H23NO. The first-order chi connectivity index (χ1) is 9.54. The number of rotatable bonds is 5. The zero-order chi connectivity index (χ0) is 14.5. The van der Waals surface area contributed by atoms with Gasteiger partial charge in [0, 0.05) is 17.8 Å². The second-order valence-electron chi connectivity index (χ2n) is 5.55. The Morgan fingerprint density at radius 2 is 1.85 bits per heavy atom. The average molecular weight is 269 g/mol. The van der Waals surface area contributed by atoms with Crippen LogP contribution in [0.2, 0.25) is 0 Å². The van der Waals surface area contributed by atoms with E-state index in [1.165, 1.54) is 16.7 Å². The van der Waals surface area contributed by atoms with E-state index in [0.717, 1.165) is 11.4 Å². The molecule has 0 spiro atoms. The van der Waals surface area contributed by atoms with Gasteiger partial charge in [-0.15, -0.1) is 0 Å². The second-order valence-corrected chi connectivity index (χ2v) is 5.55. The molecule has 0 bridgehead atoms. The summed E-state index contributed by atoms with van der Waals surface area (Å²) in [6.45, 7) is 9.09. The molecule has 2 aromatic carbocycles. The summed E-state index contributed by atoms with van der Waals surface area (Å²) in [5.41, 5.74) is 4.88. The van der Waals surface area contributed by atoms with Gasteiger partial charge < -0.3 is 10.1 Å². The lowest BCUT2D eigenvalue weighted by Crippen LogP contribution is -2.09. The Morgan fingerprint density at radius 1 is 1.05 bits per heavy atom. The van der Waals surface area contributed by atoms with Crippen molar-refractivity contribution >= 4 is 5.69 Å². The number of nitrogens with one attached hydrogen (secondary N) is 1. The SMILES string of the molecule is Cc1ccc(C)c(COc2cccc(NC(C)C)c2)c1. The highest BCUT2D eigenvalue weighted by atomic mass is 16.5. The molecule has 0 saturated carbocycles. The van der Waals surface area contributed by atoms with Crippen LogP contribution in [0.3, 0.4) is 0 Å². The van der Waals surface area contributed by atoms with E-state index in [1.807, 2.05) is 18.2 Å². The summed E-state index contributed by atoms with van der Waals surface area (Å²) in [4.78, 5) is 0. The van der Waals surface area contributed by atoms with Crippen molar-refractivity contribution in [2.75, 3.05) is 5.32 Å². The van der Waals surface area contributed by atoms with Gasteiger partial charge in [-0.05, 0) is 51.0 Å². The molecule has 106 valence electrons. The van der Waals surface area contributed by atoms with Crippen molar-refractivity contribution in [2.24, 2.45) is 0 Å². The zero-order valence-corrected chi connectivity index (χ0v) is 12.7. The Morgan fingerprint density at radius 3 is 2.60 bits per heavy atom. The van der Waals surface area contributed by atoms with Crippen molar-refractivity contribution in [3.05, 3.63) is 59.2 Å². The van der Waals surface area contributed by atoms with Gasteiger partial charge >= 0.3 is 0 Å². The Labute approximate surface area is 121 Å². The van der Waals surface area contributed by atoms with E-state index >= 15 is 0 Å². The summed E-state index contributed by atoms with van der Waals surface area (Å²) in [6.07, 6.45) is 0. The van der Waals surface area contributed by atoms with Crippen LogP contribution in [-0.2, 0) is 6.61 Å². The third-order valence-electron chi connectivity index (χ3n) is 3.19. The minimum Gasteiger partial charge on any atom is -0.489 e. The Kier molecular flexibility index (Phi) is 4.67. The quantitative estimate of drug-likeness (QED) is 0.849. The van der Waals surface area contributed by atoms with Crippen LogP contribution in [0, 0.1) is 13.8 Å². The molecule has 0 saturated heterocycles. The van der Waals surface area contributed by atoms with E-state index < -0.39 is 0 Å². The fourth-order valence-corrected chi connectivity index (χ4v) is 2.13. The van der Waals surface area contributed by atoms with Crippen molar-refractivity contribution in [1.82, 2.24) is 0 Å². The lowest BCUT2D eigenvalue weighted by Gasteiger charge is -2.13. The number of aryl methyl sites for hydroxylation is 2. The van der Waals surface area contributed by atoms with E-state index in [4.69, 9.17) is 4.74 Å². The van der Waals surface area contributed by atoms with Crippen molar-refractivity contribution in [3.63, 3.8) is 0 Å². The topological polar surface area (TPSA) is 21.3 Å². The van der Waals surface area contributed by atoms with Crippen molar-refractivity contribution in [1.29, 1.82) is 0 Å². The second kappa shape index (κ2) is 6.47. The van der Waals surface area contributed by atoms with E-state index in [2.05, 4.69) is 57.3 Å². The molecule has 0 fully saturated rings. The van der Waals surface area contributed by atoms with Crippen LogP contribution in [0.1, 0.15) is 30.5 Å². The largest absolute Gasteiger partial charge is 0.489 e. The Balaban J connectivity index is 2.05. The summed E-state index contributed by atoms with van der Waals surface area (Å²) in [5, 5.41) is 3.38. The van der Waals surface area contributed by atoms with E-state index in [0.29, 0.717) is 12.6 Å². The lowest BCUT2D eigenvalue weighted by atomic mass is 10.1. The van der Waals surface area contributed by atoms with Gasteiger partial charge in [0.2, 0.25) is 0 Å². The fraction of sp³-hybridized carbons (Fsp3) is 0.333. The number of benzene rings is 2. The van der Waals surface area contributed by atoms with Crippen LogP contribution in [0.25, 0.3) is 0 Å². The van der Waals surface area contributed by atoms with E-state index in [1.54, 1.807) is 0 Å². The summed E-state index contributed by atoms with van der Waals surface area (Å²) >= 11 is 0. The van der Waals surface area contributed by atoms with Gasteiger partial charge in [0.05, 0.1) is 0 Å². The number of hydrogen-bond donors (Lipinski definition) is 1. The van der Waals surface area contributed by atoms with Crippen molar-refractivity contribution in [3.8, 4) is 5.75 Å². The molecule has 0 unspecified atom stereocenters. The molecule has 0 aliphatic rings. The highest BCUT2D eigenvalue weighted by Gasteiger charge is 2.02. The van der Waals surface area contributed by atoms with Crippen LogP contribution in [0.5, 0.6) is 5.75 Å². The third-order valence-corrected chi connectivity index (χ3v) is 3.19. The normalized spacial score (nSPS) is 10.7. The van der Waals surface area contributed by atoms with E-state index in [-0.39, 0.29) is 0 Å². The highest BCUT2D eigenvalue weighted by molar-refractivity contribution is 5.48. The fourth-order valence-electron chi connectivity index (χ4n) is 2.13. The van der Waals surface area contributed by atoms with Gasteiger partial charge in [0.1, 0.15) is 12.4 Å². The van der Waals surface area contributed by atoms with Crippen molar-refractivity contribution in [2.45, 2.75) is 40.3 Å². The zero-order valence-electron chi connectivity index (χ0n) is 12.7. The molecule has 0 amide bonds. The number of ether oxygens (including phenoxy) is 1. The summed E-state index contributed by atoms with van der Waals surface area (Å²) in [7, 11) is 0. The first-order valence-electron chi connectivity index (χ1n) is 7.10. The van der Waals surface area contributed by atoms with Crippen molar-refractivity contribution < 1.29 is 4.74 Å². The molecule has 0 radical (unpaired) electrons. The van der Waals surface area contributed by atoms with E-state index in [9.17, 15) is 0 Å². The minimum absolute atomic E-state index is 0.421. The highest BCUT2D eigenvalue weighted by Crippen LogP contribution is 2.20. The van der Waals surface area contributed by atoms with Crippen LogP contribution in [-0.4, -0.2) is 6.04 Å². The smallest absolute Gasteiger partial charge is 0.121 e. The predicted octanol–water partition coefficient (Wildman–Crippen LogP) is 4.70. The molecule has 0 aliphatic heterocycles. The maximum atomic E-state index is 5.91. The maximum absolute atomic E-state index is 5.91. The molecule has 0 heterocycles. The lowest BCUT2D eigenvalue weighted by molar-refractivity contribution is 0.305. The van der Waals surface area contributed by atoms with Crippen LogP contribution >= 0.6 is 0 Å². The number of hydrogen-bond acceptors (Lipinski definition) is 2. The molecule has 0 atom stereocenters. The van der Waals surface area contributed by atoms with Crippen LogP contribution in [0.4, 0.5) is 5.69 Å². The van der Waals surface area contributed by atoms with Gasteiger partial charge in [-0.2, -0.15) is 0 Å². The predicted molar refractivity (Wildman–Crippen MR) is 85.4 cm³/mol. The summed E-state index contributed by atoms with van der Waals surface area (Å²) in [6, 6.07) is 15.0. The average Bonchev–Trinajstić information content (AvgIpc) is 2.39. The first kappa shape index (κ1) is 14.4. The third kappa shape index (κ3) is 4.02. The van der Waals surface area contributed by atoms with Gasteiger partial charge in [-0.3, -0.25) is 0 Å². The Hall–Kier alpha value is -1.96. The molecule has 2 aromatic rings. The molecule has 20 heavy (non-hydrogen) atoms. The van der Waals surface area contributed by atoms with Gasteiger partial charge in [-0.1, -0.05) is 29.8 Å². The van der Waals surface area contributed by atoms with Crippen LogP contribution < -0.4 is 10.1 Å². The molecule has 2 rings (SSSR count). The standard InChI is InChI=1S/C18H23NO/c1-13(2)19-17-6-5-7-18(11-17)20-12-16-10-14(3)8-9-15(16)4/h5-11,13,19H,12H2,1-4H3. The van der Waals surface area contributed by atoms with Gasteiger partial charge in [0.15, 0.2) is 0 Å². The molecule has 1 N–H and O–H groups in total. The molecule has 0 aliphatic carbocycles. The summed E-state index contributed by atoms with van der Waals surface area (Å²) < 4.78 is 5.91. The number of anilines is 1. The summed E-state index contributed by atoms with van der Waals surface area (Å²) in [5.74, 6) is 0.900.